The van der Waals surface area contributed by atoms with Crippen molar-refractivity contribution in [2.75, 3.05) is 0 Å². The summed E-state index contributed by atoms with van der Waals surface area (Å²) in [4.78, 5) is 0. The SMILES string of the molecule is CCC(O)CCCC1C(O)OC2CC(O)CCC2[C@@H]1O. The van der Waals surface area contributed by atoms with Crippen molar-refractivity contribution in [2.45, 2.75) is 82.6 Å². The van der Waals surface area contributed by atoms with Crippen molar-refractivity contribution in [1.29, 1.82) is 0 Å². The first-order valence-corrected chi connectivity index (χ1v) is 7.90. The van der Waals surface area contributed by atoms with Gasteiger partial charge in [0.15, 0.2) is 6.29 Å². The van der Waals surface area contributed by atoms with E-state index in [4.69, 9.17) is 4.74 Å². The molecule has 2 rings (SSSR count). The summed E-state index contributed by atoms with van der Waals surface area (Å²) in [5, 5.41) is 39.7. The van der Waals surface area contributed by atoms with Crippen LogP contribution in [0.2, 0.25) is 0 Å². The minimum atomic E-state index is -0.963. The summed E-state index contributed by atoms with van der Waals surface area (Å²) in [6.07, 6.45) is 2.34. The van der Waals surface area contributed by atoms with Crippen LogP contribution in [0.1, 0.15) is 51.9 Å². The highest BCUT2D eigenvalue weighted by molar-refractivity contribution is 4.92. The Morgan fingerprint density at radius 3 is 2.65 bits per heavy atom. The van der Waals surface area contributed by atoms with Crippen LogP contribution in [-0.2, 0) is 4.74 Å². The van der Waals surface area contributed by atoms with Crippen LogP contribution in [0.5, 0.6) is 0 Å². The minimum Gasteiger partial charge on any atom is -0.393 e. The van der Waals surface area contributed by atoms with E-state index in [0.29, 0.717) is 25.7 Å². The van der Waals surface area contributed by atoms with E-state index >= 15 is 0 Å². The Hall–Kier alpha value is -0.200. The molecule has 6 unspecified atom stereocenters. The van der Waals surface area contributed by atoms with Crippen molar-refractivity contribution in [3.8, 4) is 0 Å². The molecule has 0 aromatic rings. The summed E-state index contributed by atoms with van der Waals surface area (Å²) in [7, 11) is 0. The molecule has 0 radical (unpaired) electrons. The Bertz CT molecular complexity index is 298. The third-order valence-electron chi connectivity index (χ3n) is 4.92. The Kier molecular flexibility index (Phi) is 5.81. The Morgan fingerprint density at radius 2 is 1.95 bits per heavy atom. The van der Waals surface area contributed by atoms with Gasteiger partial charge >= 0.3 is 0 Å². The van der Waals surface area contributed by atoms with Crippen LogP contribution in [0.3, 0.4) is 0 Å². The molecule has 1 aliphatic carbocycles. The van der Waals surface area contributed by atoms with E-state index in [9.17, 15) is 20.4 Å². The van der Waals surface area contributed by atoms with Gasteiger partial charge in [-0.2, -0.15) is 0 Å². The van der Waals surface area contributed by atoms with Gasteiger partial charge in [0, 0.05) is 11.8 Å². The fourth-order valence-corrected chi connectivity index (χ4v) is 3.55. The second-order valence-corrected chi connectivity index (χ2v) is 6.34. The van der Waals surface area contributed by atoms with Gasteiger partial charge in [0.2, 0.25) is 0 Å². The van der Waals surface area contributed by atoms with Crippen LogP contribution in [0.4, 0.5) is 0 Å². The molecular weight excluding hydrogens is 260 g/mol. The highest BCUT2D eigenvalue weighted by atomic mass is 16.6. The van der Waals surface area contributed by atoms with E-state index in [2.05, 4.69) is 0 Å². The fraction of sp³-hybridized carbons (Fsp3) is 1.00. The molecule has 118 valence electrons. The van der Waals surface area contributed by atoms with Gasteiger partial charge in [0.25, 0.3) is 0 Å². The molecule has 1 heterocycles. The molecule has 2 fully saturated rings. The summed E-state index contributed by atoms with van der Waals surface area (Å²) < 4.78 is 5.60. The zero-order valence-electron chi connectivity index (χ0n) is 12.2. The van der Waals surface area contributed by atoms with Gasteiger partial charge in [0.05, 0.1) is 24.4 Å². The average Bonchev–Trinajstić information content (AvgIpc) is 2.41. The van der Waals surface area contributed by atoms with Crippen molar-refractivity contribution in [3.05, 3.63) is 0 Å². The molecule has 7 atom stereocenters. The van der Waals surface area contributed by atoms with Crippen molar-refractivity contribution >= 4 is 0 Å². The molecule has 0 amide bonds. The average molecular weight is 288 g/mol. The molecule has 20 heavy (non-hydrogen) atoms. The molecule has 2 aliphatic rings. The van der Waals surface area contributed by atoms with Crippen molar-refractivity contribution in [2.24, 2.45) is 11.8 Å². The van der Waals surface area contributed by atoms with Crippen LogP contribution in [0, 0.1) is 11.8 Å². The Morgan fingerprint density at radius 1 is 1.20 bits per heavy atom. The van der Waals surface area contributed by atoms with E-state index in [-0.39, 0.29) is 30.1 Å². The molecule has 0 aromatic heterocycles. The largest absolute Gasteiger partial charge is 0.393 e. The molecule has 4 N–H and O–H groups in total. The van der Waals surface area contributed by atoms with Crippen molar-refractivity contribution in [3.63, 3.8) is 0 Å². The maximum atomic E-state index is 10.5. The van der Waals surface area contributed by atoms with Crippen LogP contribution < -0.4 is 0 Å². The molecule has 5 heteroatoms. The highest BCUT2D eigenvalue weighted by Crippen LogP contribution is 2.40. The second kappa shape index (κ2) is 7.18. The molecule has 1 saturated heterocycles. The molecule has 0 aromatic carbocycles. The van der Waals surface area contributed by atoms with Gasteiger partial charge in [-0.1, -0.05) is 13.3 Å². The van der Waals surface area contributed by atoms with Crippen LogP contribution in [0.15, 0.2) is 0 Å². The summed E-state index contributed by atoms with van der Waals surface area (Å²) in [5.74, 6) is -0.265. The van der Waals surface area contributed by atoms with Crippen LogP contribution in [0.25, 0.3) is 0 Å². The number of rotatable bonds is 5. The first-order valence-electron chi connectivity index (χ1n) is 7.90. The molecule has 5 nitrogen and oxygen atoms in total. The summed E-state index contributed by atoms with van der Waals surface area (Å²) in [6, 6.07) is 0. The van der Waals surface area contributed by atoms with Gasteiger partial charge in [-0.15, -0.1) is 0 Å². The molecular formula is C15H28O5. The topological polar surface area (TPSA) is 90.2 Å². The van der Waals surface area contributed by atoms with Crippen molar-refractivity contribution < 1.29 is 25.2 Å². The Labute approximate surface area is 120 Å². The lowest BCUT2D eigenvalue weighted by Gasteiger charge is -2.46. The minimum absolute atomic E-state index is 0.0166. The summed E-state index contributed by atoms with van der Waals surface area (Å²) in [5.41, 5.74) is 0. The van der Waals surface area contributed by atoms with Gasteiger partial charge in [-0.3, -0.25) is 0 Å². The molecule has 0 bridgehead atoms. The normalized spacial score (nSPS) is 43.0. The zero-order chi connectivity index (χ0) is 14.7. The standard InChI is InChI=1S/C15H28O5/c1-2-9(16)4-3-5-12-14(18)11-7-6-10(17)8-13(11)20-15(12)19/h9-19H,2-8H2,1H3/t9?,10?,11?,12?,13?,14-,15?/m0/s1. The summed E-state index contributed by atoms with van der Waals surface area (Å²) >= 11 is 0. The predicted octanol–water partition coefficient (Wildman–Crippen LogP) is 0.783. The van der Waals surface area contributed by atoms with Crippen LogP contribution in [-0.4, -0.2) is 51.1 Å². The number of fused-ring (bicyclic) bond motifs is 1. The zero-order valence-corrected chi connectivity index (χ0v) is 12.2. The fourth-order valence-electron chi connectivity index (χ4n) is 3.55. The number of hydrogen-bond acceptors (Lipinski definition) is 5. The van der Waals surface area contributed by atoms with Gasteiger partial charge in [0.1, 0.15) is 0 Å². The van der Waals surface area contributed by atoms with E-state index in [1.54, 1.807) is 0 Å². The molecule has 0 spiro atoms. The smallest absolute Gasteiger partial charge is 0.160 e. The van der Waals surface area contributed by atoms with E-state index in [1.165, 1.54) is 0 Å². The second-order valence-electron chi connectivity index (χ2n) is 6.34. The summed E-state index contributed by atoms with van der Waals surface area (Å²) in [6.45, 7) is 1.94. The third-order valence-corrected chi connectivity index (χ3v) is 4.92. The Balaban J connectivity index is 1.87. The van der Waals surface area contributed by atoms with E-state index in [1.807, 2.05) is 6.92 Å². The number of aliphatic hydroxyl groups is 4. The molecule has 1 saturated carbocycles. The van der Waals surface area contributed by atoms with E-state index in [0.717, 1.165) is 19.3 Å². The number of aliphatic hydroxyl groups excluding tert-OH is 4. The highest BCUT2D eigenvalue weighted by Gasteiger charge is 2.46. The number of ether oxygens (including phenoxy) is 1. The quantitative estimate of drug-likeness (QED) is 0.600. The van der Waals surface area contributed by atoms with Gasteiger partial charge in [-0.05, 0) is 38.5 Å². The monoisotopic (exact) mass is 288 g/mol. The number of hydrogen-bond donors (Lipinski definition) is 4. The van der Waals surface area contributed by atoms with Gasteiger partial charge < -0.3 is 25.2 Å². The van der Waals surface area contributed by atoms with Crippen LogP contribution >= 0.6 is 0 Å². The lowest BCUT2D eigenvalue weighted by Crippen LogP contribution is -2.53. The lowest BCUT2D eigenvalue weighted by atomic mass is 9.74. The first kappa shape index (κ1) is 16.2. The van der Waals surface area contributed by atoms with E-state index < -0.39 is 12.4 Å². The predicted molar refractivity (Wildman–Crippen MR) is 73.9 cm³/mol. The third kappa shape index (κ3) is 3.71. The lowest BCUT2D eigenvalue weighted by molar-refractivity contribution is -0.263. The maximum Gasteiger partial charge on any atom is 0.160 e. The maximum absolute atomic E-state index is 10.5. The van der Waals surface area contributed by atoms with Crippen molar-refractivity contribution in [1.82, 2.24) is 0 Å². The molecule has 1 aliphatic heterocycles. The van der Waals surface area contributed by atoms with Gasteiger partial charge in [-0.25, -0.2) is 0 Å². The first-order chi connectivity index (χ1) is 9.52.